The molecule has 1 unspecified atom stereocenters. The van der Waals surface area contributed by atoms with E-state index in [-0.39, 0.29) is 11.4 Å². The van der Waals surface area contributed by atoms with Gasteiger partial charge in [-0.15, -0.1) is 0 Å². The standard InChI is InChI=1S/C13H16ClNO2/c1-13(2)7-9(16)8-15(13)12(17)10-5-3-4-6-11(10)14/h3-6,9,16H,7-8H2,1-2H3. The molecule has 92 valence electrons. The Morgan fingerprint density at radius 3 is 2.65 bits per heavy atom. The zero-order valence-corrected chi connectivity index (χ0v) is 10.7. The molecule has 0 radical (unpaired) electrons. The number of carbonyl (C=O) groups excluding carboxylic acids is 1. The van der Waals surface area contributed by atoms with Gasteiger partial charge in [-0.05, 0) is 32.4 Å². The third kappa shape index (κ3) is 2.31. The molecule has 3 nitrogen and oxygen atoms in total. The van der Waals surface area contributed by atoms with Gasteiger partial charge in [0.15, 0.2) is 0 Å². The molecule has 1 N–H and O–H groups in total. The number of β-amino-alcohol motifs (C(OH)–C–C–N with tert-alkyl or cyclic N) is 1. The molecule has 1 fully saturated rings. The van der Waals surface area contributed by atoms with Crippen LogP contribution in [0.5, 0.6) is 0 Å². The number of benzene rings is 1. The zero-order chi connectivity index (χ0) is 12.6. The van der Waals surface area contributed by atoms with E-state index in [0.29, 0.717) is 23.6 Å². The number of hydrogen-bond donors (Lipinski definition) is 1. The monoisotopic (exact) mass is 253 g/mol. The van der Waals surface area contributed by atoms with E-state index in [1.165, 1.54) is 0 Å². The SMILES string of the molecule is CC1(C)CC(O)CN1C(=O)c1ccccc1Cl. The molecule has 1 atom stereocenters. The van der Waals surface area contributed by atoms with Crippen LogP contribution in [0.15, 0.2) is 24.3 Å². The van der Waals surface area contributed by atoms with Gasteiger partial charge in [0.05, 0.1) is 16.7 Å². The molecule has 1 aromatic carbocycles. The first-order valence-electron chi connectivity index (χ1n) is 5.66. The number of aliphatic hydroxyl groups excluding tert-OH is 1. The normalized spacial score (nSPS) is 22.8. The smallest absolute Gasteiger partial charge is 0.255 e. The lowest BCUT2D eigenvalue weighted by Gasteiger charge is -2.31. The molecule has 1 aliphatic heterocycles. The van der Waals surface area contributed by atoms with Gasteiger partial charge in [0.1, 0.15) is 0 Å². The third-order valence-electron chi connectivity index (χ3n) is 3.21. The van der Waals surface area contributed by atoms with Crippen molar-refractivity contribution in [3.63, 3.8) is 0 Å². The summed E-state index contributed by atoms with van der Waals surface area (Å²) in [7, 11) is 0. The van der Waals surface area contributed by atoms with Crippen LogP contribution in [0.4, 0.5) is 0 Å². The van der Waals surface area contributed by atoms with Crippen molar-refractivity contribution in [2.24, 2.45) is 0 Å². The first-order chi connectivity index (χ1) is 7.92. The first kappa shape index (κ1) is 12.4. The second-order valence-electron chi connectivity index (χ2n) is 5.07. The van der Waals surface area contributed by atoms with Gasteiger partial charge in [0.2, 0.25) is 0 Å². The molecular formula is C13H16ClNO2. The molecule has 0 bridgehead atoms. The van der Waals surface area contributed by atoms with E-state index in [1.807, 2.05) is 13.8 Å². The molecule has 1 heterocycles. The average Bonchev–Trinajstić information content (AvgIpc) is 2.51. The van der Waals surface area contributed by atoms with Gasteiger partial charge in [-0.1, -0.05) is 23.7 Å². The number of amides is 1. The van der Waals surface area contributed by atoms with Gasteiger partial charge < -0.3 is 10.0 Å². The molecule has 4 heteroatoms. The molecule has 2 rings (SSSR count). The minimum absolute atomic E-state index is 0.114. The van der Waals surface area contributed by atoms with Crippen LogP contribution in [-0.4, -0.2) is 34.1 Å². The van der Waals surface area contributed by atoms with Crippen molar-refractivity contribution in [2.75, 3.05) is 6.54 Å². The Hall–Kier alpha value is -1.06. The van der Waals surface area contributed by atoms with E-state index in [2.05, 4.69) is 0 Å². The molecule has 0 aromatic heterocycles. The van der Waals surface area contributed by atoms with Gasteiger partial charge >= 0.3 is 0 Å². The summed E-state index contributed by atoms with van der Waals surface area (Å²) in [6.07, 6.45) is 0.153. The van der Waals surface area contributed by atoms with Gasteiger partial charge in [0.25, 0.3) is 5.91 Å². The maximum atomic E-state index is 12.4. The molecular weight excluding hydrogens is 238 g/mol. The quantitative estimate of drug-likeness (QED) is 0.835. The number of nitrogens with zero attached hydrogens (tertiary/aromatic N) is 1. The summed E-state index contributed by atoms with van der Waals surface area (Å²) in [5.74, 6) is -0.114. The fourth-order valence-corrected chi connectivity index (χ4v) is 2.56. The lowest BCUT2D eigenvalue weighted by atomic mass is 10.0. The van der Waals surface area contributed by atoms with E-state index in [0.717, 1.165) is 0 Å². The zero-order valence-electron chi connectivity index (χ0n) is 9.98. The Morgan fingerprint density at radius 1 is 1.47 bits per heavy atom. The Labute approximate surface area is 106 Å². The van der Waals surface area contributed by atoms with Gasteiger partial charge in [-0.3, -0.25) is 4.79 Å². The minimum atomic E-state index is -0.448. The fourth-order valence-electron chi connectivity index (χ4n) is 2.35. The Morgan fingerprint density at radius 2 is 2.12 bits per heavy atom. The summed E-state index contributed by atoms with van der Waals surface area (Å²) in [5.41, 5.74) is 0.173. The largest absolute Gasteiger partial charge is 0.391 e. The van der Waals surface area contributed by atoms with Crippen molar-refractivity contribution < 1.29 is 9.90 Å². The highest BCUT2D eigenvalue weighted by Crippen LogP contribution is 2.31. The number of likely N-dealkylation sites (tertiary alicyclic amines) is 1. The highest BCUT2D eigenvalue weighted by molar-refractivity contribution is 6.33. The number of carbonyl (C=O) groups is 1. The van der Waals surface area contributed by atoms with E-state index in [1.54, 1.807) is 29.2 Å². The second kappa shape index (κ2) is 4.31. The Kier molecular flexibility index (Phi) is 3.15. The van der Waals surface area contributed by atoms with Crippen molar-refractivity contribution in [3.8, 4) is 0 Å². The van der Waals surface area contributed by atoms with Crippen molar-refractivity contribution >= 4 is 17.5 Å². The van der Waals surface area contributed by atoms with E-state index in [4.69, 9.17) is 11.6 Å². The molecule has 0 saturated carbocycles. The second-order valence-corrected chi connectivity index (χ2v) is 5.47. The number of aliphatic hydroxyl groups is 1. The maximum absolute atomic E-state index is 12.4. The van der Waals surface area contributed by atoms with Crippen LogP contribution < -0.4 is 0 Å². The highest BCUT2D eigenvalue weighted by Gasteiger charge is 2.40. The van der Waals surface area contributed by atoms with Gasteiger partial charge in [-0.2, -0.15) is 0 Å². The van der Waals surface area contributed by atoms with Crippen LogP contribution in [0.2, 0.25) is 5.02 Å². The number of hydrogen-bond acceptors (Lipinski definition) is 2. The molecule has 0 spiro atoms. The molecule has 1 amide bonds. The molecule has 1 aromatic rings. The molecule has 1 saturated heterocycles. The summed E-state index contributed by atoms with van der Waals surface area (Å²) in [4.78, 5) is 14.1. The number of halogens is 1. The van der Waals surface area contributed by atoms with Crippen LogP contribution in [-0.2, 0) is 0 Å². The van der Waals surface area contributed by atoms with E-state index >= 15 is 0 Å². The predicted octanol–water partition coefficient (Wildman–Crippen LogP) is 2.33. The summed E-state index contributed by atoms with van der Waals surface area (Å²) in [6.45, 7) is 4.28. The highest BCUT2D eigenvalue weighted by atomic mass is 35.5. The molecule has 0 aliphatic carbocycles. The molecule has 1 aliphatic rings. The van der Waals surface area contributed by atoms with Crippen molar-refractivity contribution in [3.05, 3.63) is 34.9 Å². The lowest BCUT2D eigenvalue weighted by Crippen LogP contribution is -2.42. The maximum Gasteiger partial charge on any atom is 0.255 e. The van der Waals surface area contributed by atoms with Gasteiger partial charge in [-0.25, -0.2) is 0 Å². The third-order valence-corrected chi connectivity index (χ3v) is 3.54. The van der Waals surface area contributed by atoms with Crippen LogP contribution in [0.3, 0.4) is 0 Å². The lowest BCUT2D eigenvalue weighted by molar-refractivity contribution is 0.0641. The van der Waals surface area contributed by atoms with Crippen LogP contribution >= 0.6 is 11.6 Å². The van der Waals surface area contributed by atoms with E-state index in [9.17, 15) is 9.90 Å². The minimum Gasteiger partial charge on any atom is -0.391 e. The van der Waals surface area contributed by atoms with Crippen molar-refractivity contribution in [1.29, 1.82) is 0 Å². The van der Waals surface area contributed by atoms with Crippen molar-refractivity contribution in [2.45, 2.75) is 31.9 Å². The molecule has 17 heavy (non-hydrogen) atoms. The van der Waals surface area contributed by atoms with Crippen molar-refractivity contribution in [1.82, 2.24) is 4.90 Å². The predicted molar refractivity (Wildman–Crippen MR) is 67.2 cm³/mol. The van der Waals surface area contributed by atoms with E-state index < -0.39 is 6.10 Å². The Balaban J connectivity index is 2.30. The fraction of sp³-hybridized carbons (Fsp3) is 0.462. The average molecular weight is 254 g/mol. The summed E-state index contributed by atoms with van der Waals surface area (Å²) in [6, 6.07) is 7.00. The number of rotatable bonds is 1. The summed E-state index contributed by atoms with van der Waals surface area (Å²) in [5, 5.41) is 10.1. The van der Waals surface area contributed by atoms with Crippen LogP contribution in [0, 0.1) is 0 Å². The summed E-state index contributed by atoms with van der Waals surface area (Å²) < 4.78 is 0. The summed E-state index contributed by atoms with van der Waals surface area (Å²) >= 11 is 6.02. The van der Waals surface area contributed by atoms with Gasteiger partial charge in [0, 0.05) is 12.1 Å². The van der Waals surface area contributed by atoms with Crippen LogP contribution in [0.25, 0.3) is 0 Å². The Bertz CT molecular complexity index is 445. The first-order valence-corrected chi connectivity index (χ1v) is 6.04. The van der Waals surface area contributed by atoms with Crippen LogP contribution in [0.1, 0.15) is 30.6 Å². The topological polar surface area (TPSA) is 40.5 Å².